The maximum Gasteiger partial charge on any atom is 0.257 e. The van der Waals surface area contributed by atoms with Crippen LogP contribution in [0.15, 0.2) is 60.9 Å². The molecule has 0 bridgehead atoms. The first-order chi connectivity index (χ1) is 19.8. The first-order valence-corrected chi connectivity index (χ1v) is 14.4. The average Bonchev–Trinajstić information content (AvgIpc) is 3.65. The number of nitrogens with zero attached hydrogens (tertiary/aromatic N) is 7. The number of halogens is 2. The molecule has 0 saturated heterocycles. The summed E-state index contributed by atoms with van der Waals surface area (Å²) in [7, 11) is -3.38. The lowest BCUT2D eigenvalue weighted by Crippen LogP contribution is -2.40. The Morgan fingerprint density at radius 3 is 2.56 bits per heavy atom. The van der Waals surface area contributed by atoms with Crippen LogP contribution >= 0.6 is 0 Å². The number of fused-ring (bicyclic) bond motifs is 2. The van der Waals surface area contributed by atoms with Gasteiger partial charge >= 0.3 is 0 Å². The van der Waals surface area contributed by atoms with Gasteiger partial charge in [0.15, 0.2) is 11.5 Å². The number of imidazole rings is 2. The van der Waals surface area contributed by atoms with Gasteiger partial charge in [-0.1, -0.05) is 0 Å². The molecule has 0 unspecified atom stereocenters. The predicted molar refractivity (Wildman–Crippen MR) is 144 cm³/mol. The second kappa shape index (κ2) is 9.52. The predicted octanol–water partition coefficient (Wildman–Crippen LogP) is 3.49. The second-order valence-corrected chi connectivity index (χ2v) is 12.1. The number of carbonyl (C=O) groups excluding carboxylic acids is 1. The molecule has 0 radical (unpaired) electrons. The topological polar surface area (TPSA) is 127 Å². The van der Waals surface area contributed by atoms with Crippen LogP contribution in [0.5, 0.6) is 0 Å². The largest absolute Gasteiger partial charge is 0.324 e. The zero-order valence-corrected chi connectivity index (χ0v) is 22.2. The fourth-order valence-electron chi connectivity index (χ4n) is 4.97. The number of nitrogens with one attached hydrogen (secondary N) is 1. The molecule has 0 spiro atoms. The Morgan fingerprint density at radius 1 is 1.00 bits per heavy atom. The van der Waals surface area contributed by atoms with E-state index in [-0.39, 0.29) is 29.0 Å². The number of hydrogen-bond donors (Lipinski definition) is 1. The van der Waals surface area contributed by atoms with Gasteiger partial charge in [-0.25, -0.2) is 32.3 Å². The number of sulfonamides is 1. The summed E-state index contributed by atoms with van der Waals surface area (Å²) in [4.78, 5) is 25.2. The van der Waals surface area contributed by atoms with Gasteiger partial charge in [0.2, 0.25) is 16.0 Å². The van der Waals surface area contributed by atoms with Crippen LogP contribution < -0.4 is 5.32 Å². The molecule has 11 nitrogen and oxygen atoms in total. The Balaban J connectivity index is 1.26. The average molecular weight is 577 g/mol. The highest BCUT2D eigenvalue weighted by molar-refractivity contribution is 7.90. The first-order valence-electron chi connectivity index (χ1n) is 12.9. The minimum atomic E-state index is -3.38. The molecule has 14 heteroatoms. The lowest BCUT2D eigenvalue weighted by Gasteiger charge is -2.27. The molecule has 0 atom stereocenters. The summed E-state index contributed by atoms with van der Waals surface area (Å²) in [6.07, 6.45) is 4.09. The van der Waals surface area contributed by atoms with Crippen LogP contribution in [0, 0.1) is 11.8 Å². The van der Waals surface area contributed by atoms with Crippen molar-refractivity contribution in [1.29, 1.82) is 0 Å². The quantitative estimate of drug-likeness (QED) is 0.307. The molecule has 5 heterocycles. The monoisotopic (exact) mass is 576 g/mol. The number of pyridine rings is 1. The lowest BCUT2D eigenvalue weighted by atomic mass is 10.1. The molecule has 7 rings (SSSR count). The van der Waals surface area contributed by atoms with Crippen molar-refractivity contribution in [3.63, 3.8) is 0 Å². The van der Waals surface area contributed by atoms with E-state index in [1.54, 1.807) is 24.3 Å². The fourth-order valence-corrected chi connectivity index (χ4v) is 6.76. The van der Waals surface area contributed by atoms with Crippen LogP contribution in [-0.2, 0) is 23.1 Å². The molecule has 208 valence electrons. The Morgan fingerprint density at radius 2 is 1.80 bits per heavy atom. The van der Waals surface area contributed by atoms with Gasteiger partial charge in [0.25, 0.3) is 5.91 Å². The molecule has 2 aliphatic rings. The Bertz CT molecular complexity index is 1930. The van der Waals surface area contributed by atoms with Gasteiger partial charge in [0.05, 0.1) is 29.4 Å². The van der Waals surface area contributed by atoms with Crippen LogP contribution in [0.3, 0.4) is 0 Å². The fraction of sp³-hybridized carbons (Fsp3) is 0.222. The number of hydrogen-bond acceptors (Lipinski definition) is 7. The lowest BCUT2D eigenvalue weighted by molar-refractivity contribution is 0.102. The van der Waals surface area contributed by atoms with Crippen molar-refractivity contribution in [3.05, 3.63) is 84.1 Å². The summed E-state index contributed by atoms with van der Waals surface area (Å²) in [5, 5.41) is 7.03. The normalized spacial score (nSPS) is 15.7. The number of carbonyl (C=O) groups is 1. The summed E-state index contributed by atoms with van der Waals surface area (Å²) in [5.74, 6) is -0.924. The van der Waals surface area contributed by atoms with Crippen molar-refractivity contribution in [2.24, 2.45) is 0 Å². The van der Waals surface area contributed by atoms with Crippen LogP contribution in [-0.4, -0.2) is 59.6 Å². The van der Waals surface area contributed by atoms with Gasteiger partial charge in [0, 0.05) is 36.5 Å². The van der Waals surface area contributed by atoms with E-state index in [0.717, 1.165) is 6.07 Å². The first kappa shape index (κ1) is 25.4. The van der Waals surface area contributed by atoms with E-state index >= 15 is 0 Å². The summed E-state index contributed by atoms with van der Waals surface area (Å²) in [6, 6.07) is 11.8. The summed E-state index contributed by atoms with van der Waals surface area (Å²) in [6.45, 7) is 0.807. The van der Waals surface area contributed by atoms with Crippen molar-refractivity contribution in [1.82, 2.24) is 33.4 Å². The number of benzene rings is 1. The summed E-state index contributed by atoms with van der Waals surface area (Å²) in [5.41, 5.74) is 2.93. The van der Waals surface area contributed by atoms with E-state index in [1.807, 2.05) is 4.57 Å². The molecule has 1 aliphatic carbocycles. The second-order valence-electron chi connectivity index (χ2n) is 9.93. The van der Waals surface area contributed by atoms with Gasteiger partial charge in [-0.15, -0.1) is 0 Å². The van der Waals surface area contributed by atoms with Gasteiger partial charge < -0.3 is 9.88 Å². The third-order valence-electron chi connectivity index (χ3n) is 7.15. The van der Waals surface area contributed by atoms with Crippen molar-refractivity contribution < 1.29 is 22.0 Å². The van der Waals surface area contributed by atoms with Gasteiger partial charge in [-0.05, 0) is 55.3 Å². The van der Waals surface area contributed by atoms with Crippen molar-refractivity contribution in [3.8, 4) is 22.6 Å². The maximum atomic E-state index is 13.7. The minimum Gasteiger partial charge on any atom is -0.324 e. The third-order valence-corrected chi connectivity index (χ3v) is 9.50. The number of amides is 1. The summed E-state index contributed by atoms with van der Waals surface area (Å²) >= 11 is 0. The summed E-state index contributed by atoms with van der Waals surface area (Å²) < 4.78 is 58.0. The van der Waals surface area contributed by atoms with Gasteiger partial charge in [0.1, 0.15) is 17.3 Å². The Labute approximate surface area is 232 Å². The van der Waals surface area contributed by atoms with E-state index in [1.165, 1.54) is 39.4 Å². The highest BCUT2D eigenvalue weighted by Gasteiger charge is 2.42. The van der Waals surface area contributed by atoms with Crippen LogP contribution in [0.2, 0.25) is 0 Å². The standard InChI is InChI=1S/C27H22F2N8O3S/c28-18-3-1-16(2-4-18)25-26(36-12-11-35(15-24(36)33-25)41(39,40)19-5-6-19)20-7-8-23-31-22(14-37(23)34-20)32-27(38)17-9-10-30-21(29)13-17/h1-4,7-10,13-14,19H,5-6,11-12,15H2,(H,32,38). The zero-order valence-electron chi connectivity index (χ0n) is 21.4. The molecule has 1 aliphatic heterocycles. The molecule has 5 aromatic rings. The maximum absolute atomic E-state index is 13.7. The number of rotatable bonds is 6. The smallest absolute Gasteiger partial charge is 0.257 e. The molecule has 41 heavy (non-hydrogen) atoms. The molecule has 1 amide bonds. The van der Waals surface area contributed by atoms with Gasteiger partial charge in [-0.3, -0.25) is 4.79 Å². The van der Waals surface area contributed by atoms with E-state index in [4.69, 9.17) is 10.1 Å². The highest BCUT2D eigenvalue weighted by Crippen LogP contribution is 2.37. The van der Waals surface area contributed by atoms with Gasteiger partial charge in [-0.2, -0.15) is 13.8 Å². The van der Waals surface area contributed by atoms with Crippen molar-refractivity contribution in [2.45, 2.75) is 31.2 Å². The third kappa shape index (κ3) is 4.64. The van der Waals surface area contributed by atoms with E-state index in [0.29, 0.717) is 60.0 Å². The van der Waals surface area contributed by atoms with Crippen molar-refractivity contribution >= 4 is 27.4 Å². The van der Waals surface area contributed by atoms with Crippen LogP contribution in [0.25, 0.3) is 28.3 Å². The van der Waals surface area contributed by atoms with E-state index < -0.39 is 21.9 Å². The minimum absolute atomic E-state index is 0.0933. The molecule has 1 aromatic carbocycles. The molecular weight excluding hydrogens is 554 g/mol. The highest BCUT2D eigenvalue weighted by atomic mass is 32.2. The number of anilines is 1. The molecule has 4 aromatic heterocycles. The zero-order chi connectivity index (χ0) is 28.3. The molecule has 1 fully saturated rings. The SMILES string of the molecule is O=C(Nc1cn2nc(-c3c(-c4ccc(F)cc4)nc4n3CCN(S(=O)(=O)C3CC3)C4)ccc2n1)c1ccnc(F)c1. The molecular formula is C27H22F2N8O3S. The van der Waals surface area contributed by atoms with E-state index in [9.17, 15) is 22.0 Å². The van der Waals surface area contributed by atoms with Crippen LogP contribution in [0.4, 0.5) is 14.6 Å². The Hall–Kier alpha value is -4.56. The molecule has 1 saturated carbocycles. The van der Waals surface area contributed by atoms with Crippen molar-refractivity contribution in [2.75, 3.05) is 11.9 Å². The Kier molecular flexibility index (Phi) is 5.90. The molecule has 1 N–H and O–H groups in total. The van der Waals surface area contributed by atoms with Crippen LogP contribution in [0.1, 0.15) is 29.0 Å². The number of aromatic nitrogens is 6. The van der Waals surface area contributed by atoms with E-state index in [2.05, 4.69) is 15.3 Å².